The Hall–Kier alpha value is -1.51. The van der Waals surface area contributed by atoms with Crippen molar-refractivity contribution in [1.29, 1.82) is 0 Å². The second-order valence-corrected chi connectivity index (χ2v) is 5.86. The summed E-state index contributed by atoms with van der Waals surface area (Å²) in [6, 6.07) is 5.35. The van der Waals surface area contributed by atoms with Crippen LogP contribution in [0.1, 0.15) is 0 Å². The zero-order valence-electron chi connectivity index (χ0n) is 11.8. The predicted octanol–water partition coefficient (Wildman–Crippen LogP) is 1.41. The van der Waals surface area contributed by atoms with Crippen molar-refractivity contribution >= 4 is 46.1 Å². The molecule has 0 atom stereocenters. The molecule has 1 amide bonds. The van der Waals surface area contributed by atoms with Crippen molar-refractivity contribution in [1.82, 2.24) is 4.90 Å². The maximum atomic E-state index is 12.4. The van der Waals surface area contributed by atoms with Gasteiger partial charge in [-0.05, 0) is 28.1 Å². The van der Waals surface area contributed by atoms with Crippen LogP contribution in [0.25, 0.3) is 0 Å². The van der Waals surface area contributed by atoms with Crippen LogP contribution in [0.3, 0.4) is 0 Å². The molecule has 0 spiro atoms. The van der Waals surface area contributed by atoms with Crippen LogP contribution in [0.5, 0.6) is 0 Å². The average Bonchev–Trinajstić information content (AvgIpc) is 2.81. The van der Waals surface area contributed by atoms with Crippen LogP contribution in [0.15, 0.2) is 38.8 Å². The number of nitrogens with one attached hydrogen (secondary N) is 1. The first-order chi connectivity index (χ1) is 10.5. The fraction of sp³-hybridized carbons (Fsp3) is 0.286. The van der Waals surface area contributed by atoms with Gasteiger partial charge in [0.2, 0.25) is 0 Å². The van der Waals surface area contributed by atoms with Crippen LogP contribution >= 0.6 is 28.6 Å². The van der Waals surface area contributed by atoms with Gasteiger partial charge in [0, 0.05) is 15.9 Å². The predicted molar refractivity (Wildman–Crippen MR) is 87.7 cm³/mol. The standard InChI is InChI=1S/C14H15BrN2O4S/c1-21-14(20)8-7-17(5-6-18)13(19)11(8)16-10-4-2-3-9(15)12(10)22/h2-4,16,18,22H,5-7H2,1H3. The first-order valence-electron chi connectivity index (χ1n) is 6.45. The molecule has 1 aliphatic rings. The van der Waals surface area contributed by atoms with E-state index in [-0.39, 0.29) is 36.9 Å². The molecule has 6 nitrogen and oxygen atoms in total. The van der Waals surface area contributed by atoms with Crippen molar-refractivity contribution in [2.75, 3.05) is 32.1 Å². The van der Waals surface area contributed by atoms with Crippen molar-refractivity contribution in [3.8, 4) is 0 Å². The summed E-state index contributed by atoms with van der Waals surface area (Å²) in [5.41, 5.74) is 0.968. The Labute approximate surface area is 141 Å². The lowest BCUT2D eigenvalue weighted by Gasteiger charge is -2.15. The molecule has 0 radical (unpaired) electrons. The van der Waals surface area contributed by atoms with Crippen LogP contribution < -0.4 is 5.32 Å². The number of halogens is 1. The Morgan fingerprint density at radius 3 is 2.91 bits per heavy atom. The van der Waals surface area contributed by atoms with Crippen LogP contribution in [0.2, 0.25) is 0 Å². The second kappa shape index (κ2) is 7.17. The number of hydrogen-bond donors (Lipinski definition) is 3. The van der Waals surface area contributed by atoms with Crippen LogP contribution in [0, 0.1) is 0 Å². The number of carbonyl (C=O) groups is 2. The molecule has 22 heavy (non-hydrogen) atoms. The number of thiol groups is 1. The Balaban J connectivity index is 2.37. The van der Waals surface area contributed by atoms with Gasteiger partial charge in [0.15, 0.2) is 0 Å². The highest BCUT2D eigenvalue weighted by atomic mass is 79.9. The van der Waals surface area contributed by atoms with E-state index in [4.69, 9.17) is 9.84 Å². The lowest BCUT2D eigenvalue weighted by atomic mass is 10.2. The smallest absolute Gasteiger partial charge is 0.337 e. The average molecular weight is 387 g/mol. The van der Waals surface area contributed by atoms with Crippen molar-refractivity contribution in [2.45, 2.75) is 4.90 Å². The van der Waals surface area contributed by atoms with Gasteiger partial charge < -0.3 is 20.1 Å². The molecule has 0 fully saturated rings. The molecule has 118 valence electrons. The Morgan fingerprint density at radius 2 is 2.27 bits per heavy atom. The molecule has 1 aromatic carbocycles. The van der Waals surface area contributed by atoms with E-state index in [1.54, 1.807) is 12.1 Å². The van der Waals surface area contributed by atoms with Gasteiger partial charge in [-0.2, -0.15) is 0 Å². The quantitative estimate of drug-likeness (QED) is 0.526. The van der Waals surface area contributed by atoms with E-state index in [1.165, 1.54) is 12.0 Å². The van der Waals surface area contributed by atoms with E-state index in [2.05, 4.69) is 33.9 Å². The van der Waals surface area contributed by atoms with Gasteiger partial charge in [0.05, 0.1) is 31.5 Å². The molecular weight excluding hydrogens is 372 g/mol. The maximum absolute atomic E-state index is 12.4. The zero-order valence-corrected chi connectivity index (χ0v) is 14.3. The monoisotopic (exact) mass is 386 g/mol. The van der Waals surface area contributed by atoms with Crippen molar-refractivity contribution in [3.05, 3.63) is 33.9 Å². The molecule has 0 unspecified atom stereocenters. The Kier molecular flexibility index (Phi) is 5.49. The second-order valence-electron chi connectivity index (χ2n) is 4.56. The van der Waals surface area contributed by atoms with Gasteiger partial charge in [-0.3, -0.25) is 4.79 Å². The summed E-state index contributed by atoms with van der Waals surface area (Å²) in [6.07, 6.45) is 0. The minimum Gasteiger partial charge on any atom is -0.466 e. The molecule has 1 aromatic rings. The molecule has 0 saturated carbocycles. The first-order valence-corrected chi connectivity index (χ1v) is 7.69. The number of hydrogen-bond acceptors (Lipinski definition) is 6. The molecule has 0 aromatic heterocycles. The van der Waals surface area contributed by atoms with Crippen molar-refractivity contribution in [3.63, 3.8) is 0 Å². The van der Waals surface area contributed by atoms with Crippen molar-refractivity contribution < 1.29 is 19.4 Å². The van der Waals surface area contributed by atoms with Gasteiger partial charge in [0.1, 0.15) is 5.70 Å². The van der Waals surface area contributed by atoms with Crippen LogP contribution in [-0.2, 0) is 14.3 Å². The Morgan fingerprint density at radius 1 is 1.55 bits per heavy atom. The van der Waals surface area contributed by atoms with E-state index in [0.29, 0.717) is 10.6 Å². The first kappa shape index (κ1) is 16.9. The molecule has 0 bridgehead atoms. The number of benzene rings is 1. The number of amides is 1. The molecule has 0 aliphatic carbocycles. The maximum Gasteiger partial charge on any atom is 0.337 e. The molecule has 8 heteroatoms. The number of anilines is 1. The third-order valence-electron chi connectivity index (χ3n) is 3.20. The SMILES string of the molecule is COC(=O)C1=C(Nc2cccc(Br)c2S)C(=O)N(CCO)C1. The van der Waals surface area contributed by atoms with Gasteiger partial charge in [-0.15, -0.1) is 12.6 Å². The number of carbonyl (C=O) groups excluding carboxylic acids is 2. The zero-order chi connectivity index (χ0) is 16.3. The highest BCUT2D eigenvalue weighted by Crippen LogP contribution is 2.31. The summed E-state index contributed by atoms with van der Waals surface area (Å²) in [5.74, 6) is -0.936. The minimum absolute atomic E-state index is 0.101. The lowest BCUT2D eigenvalue weighted by molar-refractivity contribution is -0.136. The largest absolute Gasteiger partial charge is 0.466 e. The molecule has 1 aliphatic heterocycles. The fourth-order valence-electron chi connectivity index (χ4n) is 2.10. The van der Waals surface area contributed by atoms with E-state index in [9.17, 15) is 9.59 Å². The molecule has 2 N–H and O–H groups in total. The van der Waals surface area contributed by atoms with E-state index < -0.39 is 5.97 Å². The topological polar surface area (TPSA) is 78.9 Å². The van der Waals surface area contributed by atoms with E-state index in [1.807, 2.05) is 6.07 Å². The van der Waals surface area contributed by atoms with E-state index >= 15 is 0 Å². The summed E-state index contributed by atoms with van der Waals surface area (Å²) < 4.78 is 5.49. The normalized spacial score (nSPS) is 14.5. The number of aliphatic hydroxyl groups excluding tert-OH is 1. The third-order valence-corrected chi connectivity index (χ3v) is 4.65. The van der Waals surface area contributed by atoms with Gasteiger partial charge in [-0.1, -0.05) is 6.07 Å². The summed E-state index contributed by atoms with van der Waals surface area (Å²) in [5, 5.41) is 12.0. The summed E-state index contributed by atoms with van der Waals surface area (Å²) >= 11 is 7.72. The Bertz CT molecular complexity index is 648. The van der Waals surface area contributed by atoms with Gasteiger partial charge >= 0.3 is 5.97 Å². The minimum atomic E-state index is -0.577. The molecule has 0 saturated heterocycles. The summed E-state index contributed by atoms with van der Waals surface area (Å²) in [4.78, 5) is 26.2. The third kappa shape index (κ3) is 3.29. The van der Waals surface area contributed by atoms with Crippen LogP contribution in [-0.4, -0.2) is 48.7 Å². The van der Waals surface area contributed by atoms with Crippen LogP contribution in [0.4, 0.5) is 5.69 Å². The van der Waals surface area contributed by atoms with Gasteiger partial charge in [0.25, 0.3) is 5.91 Å². The molecule has 2 rings (SSSR count). The van der Waals surface area contributed by atoms with Crippen molar-refractivity contribution in [2.24, 2.45) is 0 Å². The van der Waals surface area contributed by atoms with Gasteiger partial charge in [-0.25, -0.2) is 4.79 Å². The van der Waals surface area contributed by atoms with E-state index in [0.717, 1.165) is 4.47 Å². The fourth-order valence-corrected chi connectivity index (χ4v) is 2.67. The summed E-state index contributed by atoms with van der Waals surface area (Å²) in [6.45, 7) is 0.0726. The lowest BCUT2D eigenvalue weighted by Crippen LogP contribution is -2.31. The summed E-state index contributed by atoms with van der Waals surface area (Å²) in [7, 11) is 1.26. The highest BCUT2D eigenvalue weighted by molar-refractivity contribution is 9.10. The number of ether oxygens (including phenoxy) is 1. The number of rotatable bonds is 5. The number of nitrogens with zero attached hydrogens (tertiary/aromatic N) is 1. The highest BCUT2D eigenvalue weighted by Gasteiger charge is 2.34. The number of methoxy groups -OCH3 is 1. The number of β-amino-alcohol motifs (C(OH)–C–C–N with tert-alkyl or cyclic N) is 1. The molecule has 1 heterocycles. The number of aliphatic hydroxyl groups is 1. The number of esters is 1. The molecular formula is C14H15BrN2O4S.